The maximum absolute atomic E-state index is 13.5. The Labute approximate surface area is 277 Å². The van der Waals surface area contributed by atoms with Gasteiger partial charge in [-0.05, 0) is 36.6 Å². The number of nitrogens with zero attached hydrogens (tertiary/aromatic N) is 3. The first-order chi connectivity index (χ1) is 22.2. The van der Waals surface area contributed by atoms with Crippen LogP contribution in [0, 0.1) is 5.92 Å². The zero-order chi connectivity index (χ0) is 35.3. The van der Waals surface area contributed by atoms with Gasteiger partial charge in [-0.25, -0.2) is 13.8 Å². The van der Waals surface area contributed by atoms with Crippen molar-refractivity contribution in [2.75, 3.05) is 23.3 Å². The van der Waals surface area contributed by atoms with Crippen LogP contribution in [0.25, 0.3) is 11.0 Å². The average molecular weight is 731 g/mol. The maximum Gasteiger partial charge on any atom is 0.423 e. The molecule has 19 heteroatoms. The molecule has 48 heavy (non-hydrogen) atoms. The molecule has 2 heterocycles. The Kier molecular flexibility index (Phi) is 9.71. The lowest BCUT2D eigenvalue weighted by Gasteiger charge is -2.37. The molecule has 2 aliphatic rings. The first kappa shape index (κ1) is 35.7. The third-order valence-electron chi connectivity index (χ3n) is 8.39. The van der Waals surface area contributed by atoms with Crippen LogP contribution in [0.1, 0.15) is 41.6 Å². The second-order valence-corrected chi connectivity index (χ2v) is 12.6. The minimum absolute atomic E-state index is 0.0189. The number of alkyl halides is 8. The van der Waals surface area contributed by atoms with Crippen molar-refractivity contribution in [1.82, 2.24) is 20.2 Å². The van der Waals surface area contributed by atoms with Gasteiger partial charge in [-0.3, -0.25) is 9.59 Å². The number of rotatable bonds is 8. The van der Waals surface area contributed by atoms with Crippen LogP contribution in [-0.4, -0.2) is 70.0 Å². The Balaban J connectivity index is 1.44. The number of hydrogen-bond acceptors (Lipinski definition) is 6. The van der Waals surface area contributed by atoms with E-state index in [-0.39, 0.29) is 69.9 Å². The van der Waals surface area contributed by atoms with E-state index in [4.69, 9.17) is 28.3 Å². The van der Waals surface area contributed by atoms with Crippen LogP contribution < -0.4 is 20.9 Å². The number of aliphatic hydroxyl groups is 1. The number of aliphatic hydroxyl groups excluding tert-OH is 1. The molecule has 0 bridgehead atoms. The van der Waals surface area contributed by atoms with E-state index >= 15 is 0 Å². The summed E-state index contributed by atoms with van der Waals surface area (Å²) < 4.78 is 107. The number of imidazole rings is 1. The summed E-state index contributed by atoms with van der Waals surface area (Å²) in [5.74, 6) is -6.68. The molecule has 1 aromatic heterocycles. The Hall–Kier alpha value is -3.57. The van der Waals surface area contributed by atoms with E-state index in [0.717, 1.165) is 0 Å². The molecule has 3 aromatic rings. The van der Waals surface area contributed by atoms with Crippen molar-refractivity contribution < 1.29 is 49.8 Å². The molecule has 1 unspecified atom stereocenters. The van der Waals surface area contributed by atoms with Crippen LogP contribution in [0.5, 0.6) is 0 Å². The van der Waals surface area contributed by atoms with Crippen molar-refractivity contribution in [2.24, 2.45) is 13.0 Å². The van der Waals surface area contributed by atoms with Crippen LogP contribution in [0.4, 0.5) is 52.4 Å². The van der Waals surface area contributed by atoms with Gasteiger partial charge >= 0.3 is 12.4 Å². The van der Waals surface area contributed by atoms with Gasteiger partial charge in [-0.15, -0.1) is 0 Å². The number of anilines is 3. The number of benzene rings is 2. The highest BCUT2D eigenvalue weighted by atomic mass is 35.5. The van der Waals surface area contributed by atoms with Crippen LogP contribution in [0.15, 0.2) is 24.3 Å². The van der Waals surface area contributed by atoms with Crippen LogP contribution in [0.2, 0.25) is 10.0 Å². The first-order valence-corrected chi connectivity index (χ1v) is 15.3. The monoisotopic (exact) mass is 730 g/mol. The molecule has 1 aliphatic carbocycles. The highest BCUT2D eigenvalue weighted by molar-refractivity contribution is 6.39. The molecule has 1 atom stereocenters. The minimum Gasteiger partial charge on any atom is -0.376 e. The third-order valence-corrected chi connectivity index (χ3v) is 9.13. The molecule has 5 rings (SSSR count). The number of halogens is 10. The molecular formula is C29H28Cl2F8N6O3. The van der Waals surface area contributed by atoms with E-state index in [0.29, 0.717) is 5.52 Å². The smallest absolute Gasteiger partial charge is 0.376 e. The largest absolute Gasteiger partial charge is 0.423 e. The van der Waals surface area contributed by atoms with Gasteiger partial charge in [0.2, 0.25) is 12.1 Å². The predicted molar refractivity (Wildman–Crippen MR) is 161 cm³/mol. The molecule has 262 valence electrons. The van der Waals surface area contributed by atoms with E-state index in [1.54, 1.807) is 18.0 Å². The van der Waals surface area contributed by atoms with Gasteiger partial charge in [0.05, 0.1) is 43.9 Å². The Morgan fingerprint density at radius 2 is 1.73 bits per heavy atom. The molecular weight excluding hydrogens is 703 g/mol. The standard InChI is InChI=1S/C29H28Cl2F8N6O3/c1-44-20-9-19(45-6-4-14(5-7-45)28(34,35)36)16(24(47)41-15-10-27(32,33)11-15)8-18(20)42-26(44)43-22-17(30)3-2-13(21(22)31)12-40-25(48)23(46)29(37,38)39/h2-3,8-9,14-15,23,46H,4-7,10-12H2,1H3,(H,40,48)(H,41,47)(H,42,43). The summed E-state index contributed by atoms with van der Waals surface area (Å²) in [5.41, 5.74) is 1.18. The highest BCUT2D eigenvalue weighted by Gasteiger charge is 2.47. The molecule has 9 nitrogen and oxygen atoms in total. The van der Waals surface area contributed by atoms with Gasteiger partial charge in [-0.1, -0.05) is 29.3 Å². The fourth-order valence-electron chi connectivity index (χ4n) is 5.64. The SMILES string of the molecule is Cn1c(Nc2c(Cl)ccc(CNC(=O)C(O)C(F)(F)F)c2Cl)nc2cc(C(=O)NC3CC(F)(F)C3)c(N3CCC(C(F)(F)F)CC3)cc21. The zero-order valence-electron chi connectivity index (χ0n) is 24.9. The summed E-state index contributed by atoms with van der Waals surface area (Å²) in [6.45, 7) is -0.539. The van der Waals surface area contributed by atoms with Crippen molar-refractivity contribution >= 4 is 63.4 Å². The van der Waals surface area contributed by atoms with Gasteiger partial charge in [0.1, 0.15) is 0 Å². The summed E-state index contributed by atoms with van der Waals surface area (Å²) in [6, 6.07) is 4.88. The Morgan fingerprint density at radius 1 is 1.08 bits per heavy atom. The Bertz CT molecular complexity index is 1720. The topological polar surface area (TPSA) is 112 Å². The van der Waals surface area contributed by atoms with E-state index in [1.807, 2.05) is 5.32 Å². The van der Waals surface area contributed by atoms with Crippen molar-refractivity contribution in [3.8, 4) is 0 Å². The summed E-state index contributed by atoms with van der Waals surface area (Å²) in [7, 11) is 1.58. The van der Waals surface area contributed by atoms with Crippen LogP contribution in [0.3, 0.4) is 0 Å². The van der Waals surface area contributed by atoms with Gasteiger partial charge in [0.25, 0.3) is 17.7 Å². The maximum atomic E-state index is 13.5. The van der Waals surface area contributed by atoms with Crippen molar-refractivity contribution in [3.05, 3.63) is 45.4 Å². The molecule has 1 aliphatic heterocycles. The van der Waals surface area contributed by atoms with Crippen molar-refractivity contribution in [2.45, 2.75) is 62.6 Å². The number of nitrogens with one attached hydrogen (secondary N) is 3. The van der Waals surface area contributed by atoms with Gasteiger partial charge in [0, 0.05) is 45.6 Å². The van der Waals surface area contributed by atoms with Crippen LogP contribution in [-0.2, 0) is 18.4 Å². The molecule has 4 N–H and O–H groups in total. The lowest BCUT2D eigenvalue weighted by molar-refractivity contribution is -0.205. The van der Waals surface area contributed by atoms with Crippen molar-refractivity contribution in [3.63, 3.8) is 0 Å². The molecule has 2 amide bonds. The molecule has 1 saturated carbocycles. The lowest BCUT2D eigenvalue weighted by Crippen LogP contribution is -2.50. The summed E-state index contributed by atoms with van der Waals surface area (Å²) in [6.07, 6.45) is -14.3. The number of piperidine rings is 1. The number of hydrogen-bond donors (Lipinski definition) is 4. The normalized spacial score (nSPS) is 18.0. The molecule has 0 spiro atoms. The molecule has 1 saturated heterocycles. The number of carbonyl (C=O) groups excluding carboxylic acids is 2. The second-order valence-electron chi connectivity index (χ2n) is 11.8. The highest BCUT2D eigenvalue weighted by Crippen LogP contribution is 2.41. The van der Waals surface area contributed by atoms with E-state index < -0.39 is 67.5 Å². The molecule has 0 radical (unpaired) electrons. The second kappa shape index (κ2) is 13.0. The quantitative estimate of drug-likeness (QED) is 0.198. The number of amides is 2. The van der Waals surface area contributed by atoms with Gasteiger partial charge in [-0.2, -0.15) is 26.3 Å². The van der Waals surface area contributed by atoms with Crippen molar-refractivity contribution in [1.29, 1.82) is 0 Å². The molecule has 2 aromatic carbocycles. The number of aryl methyl sites for hydroxylation is 1. The number of carbonyl (C=O) groups is 2. The lowest BCUT2D eigenvalue weighted by atomic mass is 9.88. The minimum atomic E-state index is -5.17. The number of aromatic nitrogens is 2. The predicted octanol–water partition coefficient (Wildman–Crippen LogP) is 6.47. The van der Waals surface area contributed by atoms with E-state index in [9.17, 15) is 44.7 Å². The van der Waals surface area contributed by atoms with E-state index in [2.05, 4.69) is 15.6 Å². The number of fused-ring (bicyclic) bond motifs is 1. The van der Waals surface area contributed by atoms with Gasteiger partial charge in [0.15, 0.2) is 0 Å². The summed E-state index contributed by atoms with van der Waals surface area (Å²) in [4.78, 5) is 31.2. The Morgan fingerprint density at radius 3 is 2.31 bits per heavy atom. The third kappa shape index (κ3) is 7.52. The molecule has 2 fully saturated rings. The van der Waals surface area contributed by atoms with Gasteiger partial charge < -0.3 is 30.5 Å². The van der Waals surface area contributed by atoms with Crippen LogP contribution >= 0.6 is 23.2 Å². The average Bonchev–Trinajstić information content (AvgIpc) is 3.29. The summed E-state index contributed by atoms with van der Waals surface area (Å²) >= 11 is 12.8. The fourth-order valence-corrected chi connectivity index (χ4v) is 6.17. The zero-order valence-corrected chi connectivity index (χ0v) is 26.4. The fraction of sp³-hybridized carbons (Fsp3) is 0.483. The van der Waals surface area contributed by atoms with E-state index in [1.165, 1.54) is 22.8 Å². The first-order valence-electron chi connectivity index (χ1n) is 14.5. The summed E-state index contributed by atoms with van der Waals surface area (Å²) in [5, 5.41) is 16.6.